The molecule has 0 atom stereocenters. The molecule has 1 N–H and O–H groups in total. The van der Waals surface area contributed by atoms with Crippen LogP contribution in [0.3, 0.4) is 0 Å². The molecule has 11 radical (unpaired) electrons. The molecule has 0 unspecified atom stereocenters. The molecule has 0 amide bonds. The quantitative estimate of drug-likeness (QED) is 0.761. The van der Waals surface area contributed by atoms with Gasteiger partial charge in [0.05, 0.1) is 0 Å². The number of aliphatic hydroxyl groups excluding tert-OH is 1. The summed E-state index contributed by atoms with van der Waals surface area (Å²) in [5.74, 6) is 0. The summed E-state index contributed by atoms with van der Waals surface area (Å²) >= 11 is 0. The van der Waals surface area contributed by atoms with Crippen molar-refractivity contribution in [1.29, 1.82) is 0 Å². The third-order valence-corrected chi connectivity index (χ3v) is 2.09. The second-order valence-electron chi connectivity index (χ2n) is 3.47. The van der Waals surface area contributed by atoms with Crippen molar-refractivity contribution in [2.24, 2.45) is 0 Å². The Hall–Kier alpha value is -0.197. The van der Waals surface area contributed by atoms with Crippen molar-refractivity contribution in [2.75, 3.05) is 7.11 Å². The predicted molar refractivity (Wildman–Crippen MR) is 85.6 cm³/mol. The van der Waals surface area contributed by atoms with Crippen molar-refractivity contribution in [2.45, 2.75) is 0 Å². The number of rotatable bonds is 1. The topological polar surface area (TPSA) is 20.2 Å². The molecule has 3 rings (SSSR count). The van der Waals surface area contributed by atoms with E-state index in [2.05, 4.69) is 12.7 Å². The average Bonchev–Trinajstić information content (AvgIpc) is 3.27. The van der Waals surface area contributed by atoms with Gasteiger partial charge in [-0.05, 0) is 64.2 Å². The summed E-state index contributed by atoms with van der Waals surface area (Å²) in [7, 11) is 1.00. The Morgan fingerprint density at radius 3 is 1.14 bits per heavy atom. The van der Waals surface area contributed by atoms with Crippen LogP contribution in [0.5, 0.6) is 0 Å². The third kappa shape index (κ3) is 16.0. The Balaban J connectivity index is 0. The molecule has 1 nitrogen and oxygen atoms in total. The number of hydrogen-bond donors (Lipinski definition) is 1. The maximum absolute atomic E-state index is 7.00. The molecule has 105 valence electrons. The molecule has 0 aromatic heterocycles. The molecule has 0 bridgehead atoms. The molecule has 2 aliphatic carbocycles. The molecule has 2 heteroatoms. The average molecular weight is 357 g/mol. The molecule has 21 heavy (non-hydrogen) atoms. The van der Waals surface area contributed by atoms with Gasteiger partial charge in [-0.3, -0.25) is 0 Å². The first-order valence-corrected chi connectivity index (χ1v) is 6.29. The molecule has 0 heterocycles. The molecule has 0 saturated heterocycles. The fraction of sp³-hybridized carbons (Fsp3) is 0.0526. The van der Waals surface area contributed by atoms with Crippen LogP contribution in [0.1, 0.15) is 5.56 Å². The molecule has 2 aliphatic rings. The van der Waals surface area contributed by atoms with Crippen LogP contribution in [0.2, 0.25) is 0 Å². The van der Waals surface area contributed by atoms with Crippen LogP contribution in [-0.2, 0) is 26.2 Å². The van der Waals surface area contributed by atoms with Gasteiger partial charge in [0, 0.05) is 7.11 Å². The van der Waals surface area contributed by atoms with Crippen molar-refractivity contribution in [1.82, 2.24) is 0 Å². The van der Waals surface area contributed by atoms with E-state index < -0.39 is 0 Å². The van der Waals surface area contributed by atoms with E-state index in [-0.39, 0.29) is 26.2 Å². The summed E-state index contributed by atoms with van der Waals surface area (Å²) in [6.45, 7) is 3.51. The largest absolute Gasteiger partial charge is 3.00 e. The summed E-state index contributed by atoms with van der Waals surface area (Å²) in [5, 5.41) is 7.00. The van der Waals surface area contributed by atoms with E-state index in [1.165, 1.54) is 0 Å². The van der Waals surface area contributed by atoms with E-state index in [9.17, 15) is 0 Å². The summed E-state index contributed by atoms with van der Waals surface area (Å²) in [6.07, 6.45) is 22.8. The van der Waals surface area contributed by atoms with Crippen LogP contribution in [0.25, 0.3) is 0 Å². The monoisotopic (exact) mass is 355 g/mol. The summed E-state index contributed by atoms with van der Waals surface area (Å²) < 4.78 is 0. The Morgan fingerprint density at radius 1 is 0.667 bits per heavy atom. The number of aliphatic hydroxyl groups is 1. The van der Waals surface area contributed by atoms with E-state index in [0.717, 1.165) is 12.7 Å². The first-order chi connectivity index (χ1) is 9.93. The van der Waals surface area contributed by atoms with Gasteiger partial charge in [0.1, 0.15) is 0 Å². The van der Waals surface area contributed by atoms with Gasteiger partial charge in [-0.2, -0.15) is 30.4 Å². The van der Waals surface area contributed by atoms with Crippen molar-refractivity contribution < 1.29 is 31.3 Å². The Kier molecular flexibility index (Phi) is 21.8. The maximum Gasteiger partial charge on any atom is 3.00 e. The standard InChI is InChI=1S/C8H7.2C5H5.CH4O.Zr/c1-2-8-6-4-3-5-7-8;2*1-2-4-5-3-1;1-2;/h3-7H,1H2;2*1-5H;2H,1H3;/q-1;;;;+3. The van der Waals surface area contributed by atoms with Gasteiger partial charge in [0.25, 0.3) is 0 Å². The molecule has 2 fully saturated rings. The Bertz CT molecular complexity index is 264. The van der Waals surface area contributed by atoms with Crippen molar-refractivity contribution in [3.05, 3.63) is 113 Å². The van der Waals surface area contributed by atoms with Crippen molar-refractivity contribution >= 4 is 0 Å². The molecule has 0 spiro atoms. The molecule has 0 aliphatic heterocycles. The molecular weight excluding hydrogens is 335 g/mol. The van der Waals surface area contributed by atoms with Gasteiger partial charge in [-0.25, -0.2) is 0 Å². The van der Waals surface area contributed by atoms with Gasteiger partial charge in [-0.1, -0.05) is 6.07 Å². The number of hydrogen-bond acceptors (Lipinski definition) is 1. The second kappa shape index (κ2) is 19.8. The van der Waals surface area contributed by atoms with E-state index >= 15 is 0 Å². The number of benzene rings is 1. The molecule has 2 saturated carbocycles. The van der Waals surface area contributed by atoms with Crippen LogP contribution >= 0.6 is 0 Å². The Morgan fingerprint density at radius 2 is 0.952 bits per heavy atom. The van der Waals surface area contributed by atoms with Crippen LogP contribution in [0, 0.1) is 70.3 Å². The zero-order valence-electron chi connectivity index (χ0n) is 12.3. The summed E-state index contributed by atoms with van der Waals surface area (Å²) in [4.78, 5) is 0. The minimum Gasteiger partial charge on any atom is -0.400 e. The summed E-state index contributed by atoms with van der Waals surface area (Å²) in [5.41, 5.74) is 1.05. The zero-order valence-corrected chi connectivity index (χ0v) is 14.8. The maximum atomic E-state index is 7.00. The molecule has 1 aromatic rings. The van der Waals surface area contributed by atoms with Gasteiger partial charge >= 0.3 is 26.2 Å². The fourth-order valence-electron chi connectivity index (χ4n) is 1.20. The minimum atomic E-state index is 0. The zero-order chi connectivity index (χ0) is 14.9. The van der Waals surface area contributed by atoms with Crippen LogP contribution in [0.15, 0.2) is 36.9 Å². The van der Waals surface area contributed by atoms with Crippen LogP contribution in [-0.4, -0.2) is 12.2 Å². The summed E-state index contributed by atoms with van der Waals surface area (Å²) in [6, 6.07) is 9.84. The first kappa shape index (κ1) is 23.1. The van der Waals surface area contributed by atoms with E-state index in [0.29, 0.717) is 0 Å². The van der Waals surface area contributed by atoms with Gasteiger partial charge in [-0.15, -0.1) is 12.1 Å². The molecule has 1 aromatic carbocycles. The minimum absolute atomic E-state index is 0. The molecular formula is C19H21OZr+2. The second-order valence-corrected chi connectivity index (χ2v) is 3.47. The smallest absolute Gasteiger partial charge is 0.400 e. The fourth-order valence-corrected chi connectivity index (χ4v) is 1.20. The van der Waals surface area contributed by atoms with Crippen LogP contribution < -0.4 is 0 Å². The van der Waals surface area contributed by atoms with Gasteiger partial charge < -0.3 is 5.11 Å². The van der Waals surface area contributed by atoms with Gasteiger partial charge in [0.15, 0.2) is 0 Å². The third-order valence-electron chi connectivity index (χ3n) is 2.09. The van der Waals surface area contributed by atoms with Gasteiger partial charge in [0.2, 0.25) is 0 Å². The van der Waals surface area contributed by atoms with E-state index in [4.69, 9.17) is 5.11 Å². The van der Waals surface area contributed by atoms with Crippen molar-refractivity contribution in [3.8, 4) is 0 Å². The predicted octanol–water partition coefficient (Wildman–Crippen LogP) is 3.67. The van der Waals surface area contributed by atoms with Crippen LogP contribution in [0.4, 0.5) is 0 Å². The van der Waals surface area contributed by atoms with E-state index in [1.54, 1.807) is 0 Å². The first-order valence-electron chi connectivity index (χ1n) is 6.29. The van der Waals surface area contributed by atoms with Crippen molar-refractivity contribution in [3.63, 3.8) is 0 Å². The normalized spacial score (nSPS) is 15.0. The SMILES string of the molecule is C=[C-]c1ccccc1.CO.[CH]1[CH][CH][CH][CH]1.[CH]1[CH][CH][CH][CH]1.[Zr+3]. The Labute approximate surface area is 151 Å². The van der Waals surface area contributed by atoms with E-state index in [1.807, 2.05) is 94.5 Å².